The lowest BCUT2D eigenvalue weighted by atomic mass is 10.1. The van der Waals surface area contributed by atoms with Crippen LogP contribution in [0.4, 0.5) is 8.78 Å². The molecule has 1 fully saturated rings. The molecule has 1 aromatic carbocycles. The number of carbonyl (C=O) groups excluding carboxylic acids is 2. The molecule has 2 aliphatic heterocycles. The largest absolute Gasteiger partial charge is 0.503 e. The van der Waals surface area contributed by atoms with Gasteiger partial charge in [0.15, 0.2) is 17.7 Å². The summed E-state index contributed by atoms with van der Waals surface area (Å²) in [4.78, 5) is 39.0. The summed E-state index contributed by atoms with van der Waals surface area (Å²) in [5.74, 6) is -4.12. The van der Waals surface area contributed by atoms with Crippen LogP contribution < -0.4 is 10.7 Å². The number of amides is 2. The number of aliphatic hydroxyl groups is 1. The van der Waals surface area contributed by atoms with E-state index in [2.05, 4.69) is 5.32 Å². The van der Waals surface area contributed by atoms with E-state index >= 15 is 0 Å². The second kappa shape index (κ2) is 7.50. The quantitative estimate of drug-likeness (QED) is 0.636. The monoisotopic (exact) mass is 421 g/mol. The second-order valence-corrected chi connectivity index (χ2v) is 6.98. The van der Waals surface area contributed by atoms with E-state index in [1.165, 1.54) is 9.47 Å². The Kier molecular flexibility index (Phi) is 5.00. The van der Waals surface area contributed by atoms with Crippen molar-refractivity contribution in [1.29, 1.82) is 0 Å². The van der Waals surface area contributed by atoms with Crippen LogP contribution in [0.2, 0.25) is 0 Å². The van der Waals surface area contributed by atoms with Crippen LogP contribution >= 0.6 is 0 Å². The summed E-state index contributed by atoms with van der Waals surface area (Å²) in [5.41, 5.74) is -1.81. The molecule has 2 amide bonds. The Bertz CT molecular complexity index is 1100. The lowest BCUT2D eigenvalue weighted by molar-refractivity contribution is 0.00378. The third-order valence-corrected chi connectivity index (χ3v) is 5.14. The summed E-state index contributed by atoms with van der Waals surface area (Å²) in [6.07, 6.45) is 0.409. The van der Waals surface area contributed by atoms with Crippen molar-refractivity contribution >= 4 is 11.8 Å². The number of nitrogens with zero attached hydrogens (tertiary/aromatic N) is 2. The lowest BCUT2D eigenvalue weighted by Crippen LogP contribution is -2.50. The zero-order valence-corrected chi connectivity index (χ0v) is 15.5. The van der Waals surface area contributed by atoms with Gasteiger partial charge in [0.2, 0.25) is 5.43 Å². The fourth-order valence-corrected chi connectivity index (χ4v) is 3.60. The van der Waals surface area contributed by atoms with Gasteiger partial charge in [-0.05, 0) is 6.07 Å². The van der Waals surface area contributed by atoms with Gasteiger partial charge in [-0.25, -0.2) is 8.78 Å². The molecule has 2 aromatic rings. The van der Waals surface area contributed by atoms with Crippen molar-refractivity contribution in [2.24, 2.45) is 0 Å². The standard InChI is InChI=1S/C19H17F2N3O6/c20-10-2-1-9(13(21)3-10)4-22-18(28)12-5-23-6-14-24(11(7-25)8-30-14)19(29)15(23)17(27)16(12)26/h1-3,5,11,14,25,27H,4,6-8H2,(H,22,28)/t11-,14-/m0/s1. The highest BCUT2D eigenvalue weighted by Crippen LogP contribution is 2.29. The third-order valence-electron chi connectivity index (χ3n) is 5.14. The number of aromatic nitrogens is 1. The molecular formula is C19H17F2N3O6. The fourth-order valence-electron chi connectivity index (χ4n) is 3.60. The smallest absolute Gasteiger partial charge is 0.277 e. The van der Waals surface area contributed by atoms with Crippen LogP contribution in [-0.2, 0) is 17.8 Å². The number of carbonyl (C=O) groups is 2. The second-order valence-electron chi connectivity index (χ2n) is 6.98. The van der Waals surface area contributed by atoms with Crippen molar-refractivity contribution in [2.75, 3.05) is 13.2 Å². The molecule has 0 radical (unpaired) electrons. The number of rotatable bonds is 4. The number of fused-ring (bicyclic) bond motifs is 2. The molecule has 2 aliphatic rings. The molecule has 0 saturated carbocycles. The van der Waals surface area contributed by atoms with Crippen molar-refractivity contribution in [3.8, 4) is 5.75 Å². The van der Waals surface area contributed by atoms with Crippen molar-refractivity contribution in [1.82, 2.24) is 14.8 Å². The van der Waals surface area contributed by atoms with E-state index in [1.54, 1.807) is 0 Å². The van der Waals surface area contributed by atoms with Gasteiger partial charge in [0, 0.05) is 24.4 Å². The number of benzene rings is 1. The number of pyridine rings is 1. The average molecular weight is 421 g/mol. The number of aromatic hydroxyl groups is 1. The maximum Gasteiger partial charge on any atom is 0.277 e. The number of aliphatic hydroxyl groups excluding tert-OH is 1. The Morgan fingerprint density at radius 3 is 2.77 bits per heavy atom. The minimum Gasteiger partial charge on any atom is -0.503 e. The van der Waals surface area contributed by atoms with Gasteiger partial charge >= 0.3 is 0 Å². The molecule has 1 aromatic heterocycles. The normalized spacial score (nSPS) is 20.1. The number of halogens is 2. The first kappa shape index (κ1) is 20.0. The van der Waals surface area contributed by atoms with Crippen molar-refractivity contribution in [3.05, 3.63) is 63.1 Å². The van der Waals surface area contributed by atoms with E-state index in [0.717, 1.165) is 18.3 Å². The predicted octanol–water partition coefficient (Wildman–Crippen LogP) is -0.0649. The summed E-state index contributed by atoms with van der Waals surface area (Å²) in [7, 11) is 0. The van der Waals surface area contributed by atoms with E-state index in [1.807, 2.05) is 0 Å². The van der Waals surface area contributed by atoms with Gasteiger partial charge in [-0.15, -0.1) is 0 Å². The Labute approximate surface area is 168 Å². The molecular weight excluding hydrogens is 404 g/mol. The van der Waals surface area contributed by atoms with Gasteiger partial charge in [-0.3, -0.25) is 14.4 Å². The van der Waals surface area contributed by atoms with Gasteiger partial charge < -0.3 is 29.7 Å². The van der Waals surface area contributed by atoms with Gasteiger partial charge in [0.1, 0.15) is 17.2 Å². The molecule has 3 heterocycles. The van der Waals surface area contributed by atoms with Crippen LogP contribution in [-0.4, -0.2) is 57.0 Å². The summed E-state index contributed by atoms with van der Waals surface area (Å²) in [6.45, 7) is -0.515. The molecule has 1 saturated heterocycles. The first-order chi connectivity index (χ1) is 14.3. The Morgan fingerprint density at radius 1 is 1.30 bits per heavy atom. The van der Waals surface area contributed by atoms with Crippen molar-refractivity contribution in [3.63, 3.8) is 0 Å². The molecule has 4 rings (SSSR count). The molecule has 11 heteroatoms. The van der Waals surface area contributed by atoms with E-state index < -0.39 is 52.5 Å². The van der Waals surface area contributed by atoms with E-state index in [0.29, 0.717) is 6.07 Å². The average Bonchev–Trinajstić information content (AvgIpc) is 3.13. The van der Waals surface area contributed by atoms with Gasteiger partial charge in [0.25, 0.3) is 11.8 Å². The minimum absolute atomic E-state index is 0.00672. The summed E-state index contributed by atoms with van der Waals surface area (Å²) >= 11 is 0. The molecule has 0 aliphatic carbocycles. The van der Waals surface area contributed by atoms with Crippen LogP contribution in [0.25, 0.3) is 0 Å². The molecule has 0 unspecified atom stereocenters. The van der Waals surface area contributed by atoms with E-state index in [-0.39, 0.29) is 37.6 Å². The van der Waals surface area contributed by atoms with Gasteiger partial charge in [-0.1, -0.05) is 6.07 Å². The Balaban J connectivity index is 1.62. The van der Waals surface area contributed by atoms with E-state index in [4.69, 9.17) is 4.74 Å². The first-order valence-electron chi connectivity index (χ1n) is 9.05. The Morgan fingerprint density at radius 2 is 2.07 bits per heavy atom. The van der Waals surface area contributed by atoms with Crippen molar-refractivity contribution in [2.45, 2.75) is 25.4 Å². The number of hydrogen-bond acceptors (Lipinski definition) is 6. The minimum atomic E-state index is -1.06. The predicted molar refractivity (Wildman–Crippen MR) is 96.7 cm³/mol. The number of hydrogen-bond donors (Lipinski definition) is 3. The van der Waals surface area contributed by atoms with Crippen LogP contribution in [0.1, 0.15) is 26.4 Å². The SMILES string of the molecule is O=C(NCc1ccc(F)cc1F)c1cn2c(c(O)c1=O)C(=O)N1[C@@H](CO)CO[C@H]1C2. The first-order valence-corrected chi connectivity index (χ1v) is 9.05. The molecule has 3 N–H and O–H groups in total. The topological polar surface area (TPSA) is 121 Å². The van der Waals surface area contributed by atoms with Crippen LogP contribution in [0, 0.1) is 11.6 Å². The summed E-state index contributed by atoms with van der Waals surface area (Å²) in [6, 6.07) is 2.26. The highest BCUT2D eigenvalue weighted by atomic mass is 19.1. The lowest BCUT2D eigenvalue weighted by Gasteiger charge is -2.34. The van der Waals surface area contributed by atoms with Crippen LogP contribution in [0.5, 0.6) is 5.75 Å². The number of ether oxygens (including phenoxy) is 1. The molecule has 0 bridgehead atoms. The zero-order valence-electron chi connectivity index (χ0n) is 15.5. The van der Waals surface area contributed by atoms with Gasteiger partial charge in [-0.2, -0.15) is 0 Å². The molecule has 2 atom stereocenters. The van der Waals surface area contributed by atoms with E-state index in [9.17, 15) is 33.4 Å². The van der Waals surface area contributed by atoms with Crippen LogP contribution in [0.3, 0.4) is 0 Å². The molecule has 158 valence electrons. The molecule has 30 heavy (non-hydrogen) atoms. The molecule has 9 nitrogen and oxygen atoms in total. The number of nitrogens with one attached hydrogen (secondary N) is 1. The maximum absolute atomic E-state index is 13.7. The van der Waals surface area contributed by atoms with Gasteiger partial charge in [0.05, 0.1) is 25.8 Å². The Hall–Kier alpha value is -3.31. The highest BCUT2D eigenvalue weighted by Gasteiger charge is 2.44. The zero-order chi connectivity index (χ0) is 21.6. The summed E-state index contributed by atoms with van der Waals surface area (Å²) in [5, 5.41) is 22.0. The van der Waals surface area contributed by atoms with Crippen LogP contribution in [0.15, 0.2) is 29.2 Å². The maximum atomic E-state index is 13.7. The molecule has 0 spiro atoms. The fraction of sp³-hybridized carbons (Fsp3) is 0.316. The summed E-state index contributed by atoms with van der Waals surface area (Å²) < 4.78 is 33.4. The van der Waals surface area contributed by atoms with Crippen molar-refractivity contribution < 1.29 is 33.3 Å². The highest BCUT2D eigenvalue weighted by molar-refractivity contribution is 5.99. The third kappa shape index (κ3) is 3.21.